The van der Waals surface area contributed by atoms with Crippen LogP contribution >= 0.6 is 11.8 Å². The smallest absolute Gasteiger partial charge is 0.0107 e. The van der Waals surface area contributed by atoms with Crippen molar-refractivity contribution >= 4 is 11.8 Å². The van der Waals surface area contributed by atoms with E-state index in [4.69, 9.17) is 5.73 Å². The van der Waals surface area contributed by atoms with Gasteiger partial charge >= 0.3 is 0 Å². The summed E-state index contributed by atoms with van der Waals surface area (Å²) in [6.45, 7) is 0.796. The summed E-state index contributed by atoms with van der Waals surface area (Å²) in [5, 5.41) is 0. The maximum Gasteiger partial charge on any atom is 0.0107 e. The zero-order valence-corrected chi connectivity index (χ0v) is 9.44. The third-order valence-corrected chi connectivity index (χ3v) is 4.18. The van der Waals surface area contributed by atoms with Gasteiger partial charge < -0.3 is 5.73 Å². The summed E-state index contributed by atoms with van der Waals surface area (Å²) in [6, 6.07) is 8.69. The number of thioether (sulfide) groups is 1. The second-order valence-electron chi connectivity index (χ2n) is 4.04. The summed E-state index contributed by atoms with van der Waals surface area (Å²) in [6.07, 6.45) is 6.00. The van der Waals surface area contributed by atoms with Gasteiger partial charge in [-0.1, -0.05) is 24.6 Å². The van der Waals surface area contributed by atoms with Gasteiger partial charge in [0.1, 0.15) is 0 Å². The highest BCUT2D eigenvalue weighted by Gasteiger charge is 2.38. The fraction of sp³-hybridized carbons (Fsp3) is 0.500. The normalized spacial score (nSPS) is 19.0. The van der Waals surface area contributed by atoms with Gasteiger partial charge in [-0.05, 0) is 30.7 Å². The Kier molecular flexibility index (Phi) is 2.84. The highest BCUT2D eigenvalue weighted by Crippen LogP contribution is 2.45. The van der Waals surface area contributed by atoms with Crippen molar-refractivity contribution in [2.24, 2.45) is 5.73 Å². The van der Waals surface area contributed by atoms with E-state index in [1.807, 2.05) is 11.8 Å². The van der Waals surface area contributed by atoms with E-state index >= 15 is 0 Å². The SMILES string of the molecule is CSc1ccccc1C1(CN)CCC1. The Balaban J connectivity index is 2.38. The van der Waals surface area contributed by atoms with Crippen molar-refractivity contribution in [2.45, 2.75) is 29.6 Å². The van der Waals surface area contributed by atoms with Crippen molar-refractivity contribution in [3.63, 3.8) is 0 Å². The highest BCUT2D eigenvalue weighted by atomic mass is 32.2. The molecule has 0 aliphatic heterocycles. The zero-order chi connectivity index (χ0) is 10.0. The van der Waals surface area contributed by atoms with Gasteiger partial charge in [-0.2, -0.15) is 0 Å². The molecule has 1 aromatic carbocycles. The van der Waals surface area contributed by atoms with Crippen LogP contribution in [0.1, 0.15) is 24.8 Å². The fourth-order valence-corrected chi connectivity index (χ4v) is 2.99. The summed E-state index contributed by atoms with van der Waals surface area (Å²) in [5.41, 5.74) is 7.69. The molecule has 2 N–H and O–H groups in total. The number of benzene rings is 1. The zero-order valence-electron chi connectivity index (χ0n) is 8.62. The average molecular weight is 207 g/mol. The van der Waals surface area contributed by atoms with E-state index in [-0.39, 0.29) is 0 Å². The van der Waals surface area contributed by atoms with Crippen LogP contribution in [0.25, 0.3) is 0 Å². The predicted octanol–water partition coefficient (Wildman–Crippen LogP) is 2.79. The molecule has 0 radical (unpaired) electrons. The van der Waals surface area contributed by atoms with Crippen molar-refractivity contribution in [2.75, 3.05) is 12.8 Å². The van der Waals surface area contributed by atoms with Crippen molar-refractivity contribution in [3.05, 3.63) is 29.8 Å². The molecule has 2 rings (SSSR count). The summed E-state index contributed by atoms with van der Waals surface area (Å²) in [7, 11) is 0. The maximum atomic E-state index is 5.92. The van der Waals surface area contributed by atoms with Gasteiger partial charge in [0.15, 0.2) is 0 Å². The van der Waals surface area contributed by atoms with Crippen LogP contribution in [0.5, 0.6) is 0 Å². The topological polar surface area (TPSA) is 26.0 Å². The van der Waals surface area contributed by atoms with Gasteiger partial charge in [-0.3, -0.25) is 0 Å². The molecule has 0 spiro atoms. The third kappa shape index (κ3) is 1.47. The molecule has 0 saturated heterocycles. The van der Waals surface area contributed by atoms with Crippen molar-refractivity contribution in [1.29, 1.82) is 0 Å². The molecule has 0 amide bonds. The minimum Gasteiger partial charge on any atom is -0.330 e. The Hall–Kier alpha value is -0.470. The summed E-state index contributed by atoms with van der Waals surface area (Å²) in [5.74, 6) is 0. The predicted molar refractivity (Wildman–Crippen MR) is 62.8 cm³/mol. The van der Waals surface area contributed by atoms with E-state index in [0.717, 1.165) is 6.54 Å². The van der Waals surface area contributed by atoms with Crippen molar-refractivity contribution < 1.29 is 0 Å². The number of nitrogens with two attached hydrogens (primary N) is 1. The second kappa shape index (κ2) is 3.95. The van der Waals surface area contributed by atoms with Crippen LogP contribution in [-0.2, 0) is 5.41 Å². The Morgan fingerprint density at radius 3 is 2.57 bits per heavy atom. The summed E-state index contributed by atoms with van der Waals surface area (Å²) in [4.78, 5) is 1.40. The first-order valence-corrected chi connectivity index (χ1v) is 6.38. The van der Waals surface area contributed by atoms with E-state index < -0.39 is 0 Å². The van der Waals surface area contributed by atoms with Crippen LogP contribution in [-0.4, -0.2) is 12.8 Å². The lowest BCUT2D eigenvalue weighted by Gasteiger charge is -2.42. The first kappa shape index (κ1) is 10.1. The van der Waals surface area contributed by atoms with Gasteiger partial charge in [0.05, 0.1) is 0 Å². The van der Waals surface area contributed by atoms with Gasteiger partial charge in [-0.25, -0.2) is 0 Å². The van der Waals surface area contributed by atoms with Gasteiger partial charge in [-0.15, -0.1) is 11.8 Å². The van der Waals surface area contributed by atoms with E-state index in [0.29, 0.717) is 5.41 Å². The molecule has 1 aliphatic rings. The monoisotopic (exact) mass is 207 g/mol. The van der Waals surface area contributed by atoms with Gasteiger partial charge in [0, 0.05) is 16.9 Å². The highest BCUT2D eigenvalue weighted by molar-refractivity contribution is 7.98. The first-order valence-electron chi connectivity index (χ1n) is 5.16. The van der Waals surface area contributed by atoms with Gasteiger partial charge in [0.25, 0.3) is 0 Å². The quantitative estimate of drug-likeness (QED) is 0.771. The molecule has 1 saturated carbocycles. The summed E-state index contributed by atoms with van der Waals surface area (Å²) >= 11 is 1.83. The van der Waals surface area contributed by atoms with Crippen molar-refractivity contribution in [3.8, 4) is 0 Å². The minimum absolute atomic E-state index is 0.305. The van der Waals surface area contributed by atoms with Crippen LogP contribution in [0.3, 0.4) is 0 Å². The van der Waals surface area contributed by atoms with Crippen LogP contribution < -0.4 is 5.73 Å². The fourth-order valence-electron chi connectivity index (χ4n) is 2.27. The molecule has 0 unspecified atom stereocenters. The Bertz CT molecular complexity index is 312. The Morgan fingerprint density at radius 1 is 1.36 bits per heavy atom. The standard InChI is InChI=1S/C12H17NS/c1-14-11-6-3-2-5-10(11)12(9-13)7-4-8-12/h2-3,5-6H,4,7-9,13H2,1H3. The van der Waals surface area contributed by atoms with Crippen LogP contribution in [0.4, 0.5) is 0 Å². The maximum absolute atomic E-state index is 5.92. The minimum atomic E-state index is 0.305. The lowest BCUT2D eigenvalue weighted by atomic mass is 9.64. The molecule has 76 valence electrons. The lowest BCUT2D eigenvalue weighted by Crippen LogP contribution is -2.41. The number of rotatable bonds is 3. The van der Waals surface area contributed by atoms with E-state index in [1.165, 1.54) is 29.7 Å². The Labute approximate surface area is 90.1 Å². The van der Waals surface area contributed by atoms with Crippen LogP contribution in [0, 0.1) is 0 Å². The van der Waals surface area contributed by atoms with Crippen LogP contribution in [0.15, 0.2) is 29.2 Å². The molecule has 1 aliphatic carbocycles. The molecule has 0 heterocycles. The van der Waals surface area contributed by atoms with Gasteiger partial charge in [0.2, 0.25) is 0 Å². The molecule has 14 heavy (non-hydrogen) atoms. The largest absolute Gasteiger partial charge is 0.330 e. The summed E-state index contributed by atoms with van der Waals surface area (Å²) < 4.78 is 0. The molecule has 0 aromatic heterocycles. The molecule has 1 aromatic rings. The number of hydrogen-bond donors (Lipinski definition) is 1. The number of hydrogen-bond acceptors (Lipinski definition) is 2. The van der Waals surface area contributed by atoms with Crippen LogP contribution in [0.2, 0.25) is 0 Å². The molecular weight excluding hydrogens is 190 g/mol. The van der Waals surface area contributed by atoms with Crippen molar-refractivity contribution in [1.82, 2.24) is 0 Å². The van der Waals surface area contributed by atoms with E-state index in [1.54, 1.807) is 0 Å². The van der Waals surface area contributed by atoms with E-state index in [9.17, 15) is 0 Å². The lowest BCUT2D eigenvalue weighted by molar-refractivity contribution is 0.249. The molecule has 0 bridgehead atoms. The molecule has 1 fully saturated rings. The molecule has 1 nitrogen and oxygen atoms in total. The Morgan fingerprint density at radius 2 is 2.07 bits per heavy atom. The molecule has 0 atom stereocenters. The van der Waals surface area contributed by atoms with E-state index in [2.05, 4.69) is 30.5 Å². The first-order chi connectivity index (χ1) is 6.82. The molecular formula is C12H17NS. The molecule has 2 heteroatoms. The second-order valence-corrected chi connectivity index (χ2v) is 4.89. The average Bonchev–Trinajstić information content (AvgIpc) is 2.18. The third-order valence-electron chi connectivity index (χ3n) is 3.38.